The predicted molar refractivity (Wildman–Crippen MR) is 125 cm³/mol. The Bertz CT molecular complexity index is 1190. The maximum absolute atomic E-state index is 13.0. The van der Waals surface area contributed by atoms with Gasteiger partial charge in [-0.1, -0.05) is 66.6 Å². The molecule has 0 aromatic heterocycles. The van der Waals surface area contributed by atoms with E-state index in [4.69, 9.17) is 11.6 Å². The van der Waals surface area contributed by atoms with E-state index in [1.165, 1.54) is 18.2 Å². The minimum Gasteiger partial charge on any atom is -0.345 e. The molecule has 3 rings (SSSR count). The van der Waals surface area contributed by atoms with Gasteiger partial charge in [0.1, 0.15) is 4.90 Å². The molecule has 0 aliphatic rings. The van der Waals surface area contributed by atoms with Gasteiger partial charge in [-0.2, -0.15) is 0 Å². The summed E-state index contributed by atoms with van der Waals surface area (Å²) in [7, 11) is -3.98. The summed E-state index contributed by atoms with van der Waals surface area (Å²) in [6.07, 6.45) is 0.697. The third-order valence-corrected chi connectivity index (χ3v) is 6.91. The Balaban J connectivity index is 1.86. The van der Waals surface area contributed by atoms with Crippen molar-refractivity contribution in [1.29, 1.82) is 0 Å². The molecule has 0 saturated carbocycles. The molecule has 0 bridgehead atoms. The van der Waals surface area contributed by atoms with Crippen LogP contribution in [-0.4, -0.2) is 14.3 Å². The van der Waals surface area contributed by atoms with Gasteiger partial charge >= 0.3 is 0 Å². The number of aryl methyl sites for hydroxylation is 2. The van der Waals surface area contributed by atoms with Gasteiger partial charge in [-0.15, -0.1) is 0 Å². The lowest BCUT2D eigenvalue weighted by Crippen LogP contribution is -2.28. The molecule has 0 heterocycles. The van der Waals surface area contributed by atoms with Crippen molar-refractivity contribution in [3.8, 4) is 0 Å². The van der Waals surface area contributed by atoms with Crippen LogP contribution in [0.5, 0.6) is 0 Å². The van der Waals surface area contributed by atoms with Crippen LogP contribution in [0.15, 0.2) is 71.6 Å². The van der Waals surface area contributed by atoms with Gasteiger partial charge in [0.15, 0.2) is 0 Å². The SMILES string of the molecule is CC[C@@H](NC(=O)c1ccc(Cl)c(S(=O)(=O)Nc2ccccc2C)c1)c1ccc(C)cc1. The molecule has 0 unspecified atom stereocenters. The van der Waals surface area contributed by atoms with E-state index in [0.717, 1.165) is 16.7 Å². The summed E-state index contributed by atoms with van der Waals surface area (Å²) in [6.45, 7) is 5.79. The molecule has 1 amide bonds. The fourth-order valence-electron chi connectivity index (χ4n) is 3.20. The number of hydrogen-bond acceptors (Lipinski definition) is 3. The van der Waals surface area contributed by atoms with Crippen LogP contribution in [0.1, 0.15) is 46.4 Å². The van der Waals surface area contributed by atoms with Crippen molar-refractivity contribution in [2.24, 2.45) is 0 Å². The molecule has 7 heteroatoms. The highest BCUT2D eigenvalue weighted by atomic mass is 35.5. The molecule has 2 N–H and O–H groups in total. The second-order valence-corrected chi connectivity index (χ2v) is 9.47. The van der Waals surface area contributed by atoms with E-state index in [0.29, 0.717) is 12.1 Å². The fourth-order valence-corrected chi connectivity index (χ4v) is 4.86. The third-order valence-electron chi connectivity index (χ3n) is 5.07. The Hall–Kier alpha value is -2.83. The van der Waals surface area contributed by atoms with Gasteiger partial charge < -0.3 is 5.32 Å². The number of para-hydroxylation sites is 1. The Morgan fingerprint density at radius 2 is 1.68 bits per heavy atom. The second kappa shape index (κ2) is 9.54. The molecule has 0 aliphatic heterocycles. The van der Waals surface area contributed by atoms with Crippen LogP contribution in [0.25, 0.3) is 0 Å². The molecule has 0 fully saturated rings. The van der Waals surface area contributed by atoms with E-state index in [-0.39, 0.29) is 27.4 Å². The van der Waals surface area contributed by atoms with E-state index < -0.39 is 10.0 Å². The number of amides is 1. The van der Waals surface area contributed by atoms with Crippen molar-refractivity contribution >= 4 is 33.2 Å². The first-order valence-electron chi connectivity index (χ1n) is 9.96. The van der Waals surface area contributed by atoms with Crippen molar-refractivity contribution in [3.05, 3.63) is 94.0 Å². The highest BCUT2D eigenvalue weighted by Gasteiger charge is 2.22. The number of carbonyl (C=O) groups is 1. The van der Waals surface area contributed by atoms with Gasteiger partial charge in [0.05, 0.1) is 16.8 Å². The summed E-state index contributed by atoms with van der Waals surface area (Å²) in [6, 6.07) is 19.1. The number of benzene rings is 3. The Morgan fingerprint density at radius 3 is 2.32 bits per heavy atom. The first kappa shape index (κ1) is 22.8. The van der Waals surface area contributed by atoms with Crippen LogP contribution in [0.4, 0.5) is 5.69 Å². The topological polar surface area (TPSA) is 75.3 Å². The number of halogens is 1. The molecule has 0 radical (unpaired) electrons. The molecule has 5 nitrogen and oxygen atoms in total. The van der Waals surface area contributed by atoms with Crippen molar-refractivity contribution in [1.82, 2.24) is 5.32 Å². The monoisotopic (exact) mass is 456 g/mol. The number of anilines is 1. The molecule has 0 aliphatic carbocycles. The Labute approximate surface area is 188 Å². The highest BCUT2D eigenvalue weighted by molar-refractivity contribution is 7.92. The number of carbonyl (C=O) groups excluding carboxylic acids is 1. The summed E-state index contributed by atoms with van der Waals surface area (Å²) < 4.78 is 28.5. The van der Waals surface area contributed by atoms with Crippen LogP contribution >= 0.6 is 11.6 Å². The fraction of sp³-hybridized carbons (Fsp3) is 0.208. The lowest BCUT2D eigenvalue weighted by atomic mass is 10.0. The minimum atomic E-state index is -3.98. The van der Waals surface area contributed by atoms with Gasteiger partial charge in [-0.25, -0.2) is 8.42 Å². The smallest absolute Gasteiger partial charge is 0.263 e. The van der Waals surface area contributed by atoms with Crippen LogP contribution in [0.2, 0.25) is 5.02 Å². The Morgan fingerprint density at radius 1 is 1.00 bits per heavy atom. The van der Waals surface area contributed by atoms with Crippen molar-refractivity contribution in [2.45, 2.75) is 38.1 Å². The van der Waals surface area contributed by atoms with Gasteiger partial charge in [0.2, 0.25) is 0 Å². The van der Waals surface area contributed by atoms with E-state index in [9.17, 15) is 13.2 Å². The van der Waals surface area contributed by atoms with Crippen LogP contribution in [0.3, 0.4) is 0 Å². The van der Waals surface area contributed by atoms with E-state index in [2.05, 4.69) is 10.0 Å². The summed E-state index contributed by atoms with van der Waals surface area (Å²) in [4.78, 5) is 12.7. The zero-order valence-corrected chi connectivity index (χ0v) is 19.2. The molecular formula is C24H25ClN2O3S. The first-order valence-corrected chi connectivity index (χ1v) is 11.8. The molecule has 0 spiro atoms. The second-order valence-electron chi connectivity index (χ2n) is 7.41. The average Bonchev–Trinajstić information content (AvgIpc) is 2.74. The van der Waals surface area contributed by atoms with Crippen molar-refractivity contribution in [3.63, 3.8) is 0 Å². The zero-order valence-electron chi connectivity index (χ0n) is 17.6. The lowest BCUT2D eigenvalue weighted by molar-refractivity contribution is 0.0935. The van der Waals surface area contributed by atoms with Gasteiger partial charge in [0, 0.05) is 5.56 Å². The lowest BCUT2D eigenvalue weighted by Gasteiger charge is -2.18. The quantitative estimate of drug-likeness (QED) is 0.483. The highest BCUT2D eigenvalue weighted by Crippen LogP contribution is 2.27. The van der Waals surface area contributed by atoms with Crippen LogP contribution < -0.4 is 10.0 Å². The van der Waals surface area contributed by atoms with E-state index in [1.54, 1.807) is 25.1 Å². The molecule has 162 valence electrons. The van der Waals surface area contributed by atoms with E-state index in [1.807, 2.05) is 44.2 Å². The molecular weight excluding hydrogens is 432 g/mol. The normalized spacial score (nSPS) is 12.3. The van der Waals surface area contributed by atoms with Gasteiger partial charge in [0.25, 0.3) is 15.9 Å². The maximum atomic E-state index is 13.0. The van der Waals surface area contributed by atoms with E-state index >= 15 is 0 Å². The van der Waals surface area contributed by atoms with Crippen molar-refractivity contribution in [2.75, 3.05) is 4.72 Å². The summed E-state index contributed by atoms with van der Waals surface area (Å²) >= 11 is 6.18. The molecule has 3 aromatic carbocycles. The average molecular weight is 457 g/mol. The predicted octanol–water partition coefficient (Wildman–Crippen LogP) is 5.64. The largest absolute Gasteiger partial charge is 0.345 e. The van der Waals surface area contributed by atoms with Gasteiger partial charge in [-0.05, 0) is 55.7 Å². The first-order chi connectivity index (χ1) is 14.7. The summed E-state index contributed by atoms with van der Waals surface area (Å²) in [5.74, 6) is -0.364. The van der Waals surface area contributed by atoms with Gasteiger partial charge in [-0.3, -0.25) is 9.52 Å². The summed E-state index contributed by atoms with van der Waals surface area (Å²) in [5, 5.41) is 3.02. The maximum Gasteiger partial charge on any atom is 0.263 e. The van der Waals surface area contributed by atoms with Crippen LogP contribution in [0, 0.1) is 13.8 Å². The van der Waals surface area contributed by atoms with Crippen molar-refractivity contribution < 1.29 is 13.2 Å². The number of nitrogens with one attached hydrogen (secondary N) is 2. The number of sulfonamides is 1. The molecule has 3 aromatic rings. The number of hydrogen-bond donors (Lipinski definition) is 2. The minimum absolute atomic E-state index is 0.0446. The zero-order chi connectivity index (χ0) is 22.6. The molecule has 0 saturated heterocycles. The number of rotatable bonds is 7. The molecule has 1 atom stereocenters. The standard InChI is InChI=1S/C24H25ClN2O3S/c1-4-21(18-11-9-16(2)10-12-18)26-24(28)19-13-14-20(25)23(15-19)31(29,30)27-22-8-6-5-7-17(22)3/h5-15,21,27H,4H2,1-3H3,(H,26,28)/t21-/m1/s1. The van der Waals surface area contributed by atoms with Crippen LogP contribution in [-0.2, 0) is 10.0 Å². The Kier molecular flexibility index (Phi) is 7.03. The summed E-state index contributed by atoms with van der Waals surface area (Å²) in [5.41, 5.74) is 3.59. The third kappa shape index (κ3) is 5.46. The molecule has 31 heavy (non-hydrogen) atoms.